The van der Waals surface area contributed by atoms with Crippen LogP contribution in [0, 0.1) is 0 Å². The van der Waals surface area contributed by atoms with Gasteiger partial charge in [0.1, 0.15) is 0 Å². The minimum atomic E-state index is 0.143. The zero-order chi connectivity index (χ0) is 10.9. The molecule has 1 aliphatic heterocycles. The van der Waals surface area contributed by atoms with Gasteiger partial charge in [-0.2, -0.15) is 5.10 Å². The van der Waals surface area contributed by atoms with Crippen LogP contribution in [0.5, 0.6) is 0 Å². The van der Waals surface area contributed by atoms with E-state index in [0.29, 0.717) is 6.04 Å². The summed E-state index contributed by atoms with van der Waals surface area (Å²) in [7, 11) is 0. The fraction of sp³-hybridized carbons (Fsp3) is 0.636. The van der Waals surface area contributed by atoms with E-state index in [9.17, 15) is 0 Å². The first-order valence-electron chi connectivity index (χ1n) is 5.38. The topological polar surface area (TPSA) is 41.0 Å². The second-order valence-corrected chi connectivity index (χ2v) is 4.82. The van der Waals surface area contributed by atoms with Crippen LogP contribution in [-0.2, 0) is 0 Å². The van der Waals surface area contributed by atoms with Gasteiger partial charge in [0, 0.05) is 30.9 Å². The van der Waals surface area contributed by atoms with Crippen molar-refractivity contribution in [2.75, 3.05) is 18.0 Å². The molecule has 0 radical (unpaired) electrons. The van der Waals surface area contributed by atoms with Gasteiger partial charge in [0.25, 0.3) is 0 Å². The normalized spacial score (nSPS) is 25.3. The molecule has 1 aromatic heterocycles. The Kier molecular flexibility index (Phi) is 2.61. The van der Waals surface area contributed by atoms with Crippen molar-refractivity contribution < 1.29 is 0 Å². The maximum atomic E-state index is 4.17. The lowest BCUT2D eigenvalue weighted by Crippen LogP contribution is -2.61. The molecule has 0 saturated carbocycles. The number of rotatable bonds is 1. The van der Waals surface area contributed by atoms with Crippen molar-refractivity contribution in [1.29, 1.82) is 0 Å². The smallest absolute Gasteiger partial charge is 0.151 e. The Morgan fingerprint density at radius 1 is 1.53 bits per heavy atom. The van der Waals surface area contributed by atoms with Crippen molar-refractivity contribution in [1.82, 2.24) is 15.5 Å². The van der Waals surface area contributed by atoms with E-state index in [-0.39, 0.29) is 5.54 Å². The monoisotopic (exact) mass is 206 g/mol. The van der Waals surface area contributed by atoms with Crippen molar-refractivity contribution in [2.24, 2.45) is 0 Å². The van der Waals surface area contributed by atoms with E-state index >= 15 is 0 Å². The molecule has 1 saturated heterocycles. The summed E-state index contributed by atoms with van der Waals surface area (Å²) in [5.74, 6) is 0.972. The van der Waals surface area contributed by atoms with Crippen molar-refractivity contribution in [3.8, 4) is 0 Å². The van der Waals surface area contributed by atoms with E-state index < -0.39 is 0 Å². The summed E-state index contributed by atoms with van der Waals surface area (Å²) in [6, 6.07) is 4.42. The number of nitrogens with zero attached hydrogens (tertiary/aromatic N) is 3. The summed E-state index contributed by atoms with van der Waals surface area (Å²) in [4.78, 5) is 2.31. The number of aromatic nitrogens is 2. The van der Waals surface area contributed by atoms with Crippen molar-refractivity contribution in [3.05, 3.63) is 18.3 Å². The Morgan fingerprint density at radius 3 is 3.00 bits per heavy atom. The van der Waals surface area contributed by atoms with Crippen LogP contribution >= 0.6 is 0 Å². The largest absolute Gasteiger partial charge is 0.349 e. The Morgan fingerprint density at radius 2 is 2.33 bits per heavy atom. The molecule has 15 heavy (non-hydrogen) atoms. The number of hydrogen-bond donors (Lipinski definition) is 1. The van der Waals surface area contributed by atoms with Crippen LogP contribution in [0.25, 0.3) is 0 Å². The van der Waals surface area contributed by atoms with Gasteiger partial charge in [-0.15, -0.1) is 5.10 Å². The van der Waals surface area contributed by atoms with Gasteiger partial charge in [-0.1, -0.05) is 0 Å². The lowest BCUT2D eigenvalue weighted by molar-refractivity contribution is 0.316. The van der Waals surface area contributed by atoms with Crippen molar-refractivity contribution in [3.63, 3.8) is 0 Å². The third-order valence-electron chi connectivity index (χ3n) is 2.83. The summed E-state index contributed by atoms with van der Waals surface area (Å²) >= 11 is 0. The van der Waals surface area contributed by atoms with Crippen LogP contribution in [0.4, 0.5) is 5.82 Å². The first kappa shape index (κ1) is 10.4. The minimum absolute atomic E-state index is 0.143. The van der Waals surface area contributed by atoms with Crippen LogP contribution in [0.15, 0.2) is 18.3 Å². The molecule has 4 heteroatoms. The van der Waals surface area contributed by atoms with Gasteiger partial charge in [0.2, 0.25) is 0 Å². The molecule has 1 atom stereocenters. The Hall–Kier alpha value is -1.16. The third-order valence-corrected chi connectivity index (χ3v) is 2.83. The molecule has 1 N–H and O–H groups in total. The average Bonchev–Trinajstić information content (AvgIpc) is 2.23. The number of hydrogen-bond acceptors (Lipinski definition) is 4. The fourth-order valence-corrected chi connectivity index (χ4v) is 1.93. The zero-order valence-corrected chi connectivity index (χ0v) is 9.57. The first-order valence-corrected chi connectivity index (χ1v) is 5.38. The standard InChI is InChI=1S/C11H18N4/c1-9-7-12-11(2,3)8-15(9)10-5-4-6-13-14-10/h4-6,9,12H,7-8H2,1-3H3. The molecule has 0 amide bonds. The highest BCUT2D eigenvalue weighted by Crippen LogP contribution is 2.20. The molecule has 1 fully saturated rings. The van der Waals surface area contributed by atoms with Crippen LogP contribution < -0.4 is 10.2 Å². The predicted octanol–water partition coefficient (Wildman–Crippen LogP) is 1.05. The van der Waals surface area contributed by atoms with E-state index in [1.54, 1.807) is 6.20 Å². The molecule has 1 aromatic rings. The molecule has 0 bridgehead atoms. The quantitative estimate of drug-likeness (QED) is 0.746. The maximum Gasteiger partial charge on any atom is 0.151 e. The first-order chi connectivity index (χ1) is 7.08. The van der Waals surface area contributed by atoms with Crippen LogP contribution in [0.1, 0.15) is 20.8 Å². The second-order valence-electron chi connectivity index (χ2n) is 4.82. The van der Waals surface area contributed by atoms with Crippen molar-refractivity contribution >= 4 is 5.82 Å². The molecule has 0 aromatic carbocycles. The summed E-state index contributed by atoms with van der Waals surface area (Å²) in [5, 5.41) is 11.6. The Labute approximate surface area is 90.7 Å². The number of nitrogens with one attached hydrogen (secondary N) is 1. The number of piperazine rings is 1. The Bertz CT molecular complexity index is 323. The van der Waals surface area contributed by atoms with E-state index in [2.05, 4.69) is 41.2 Å². The number of anilines is 1. The lowest BCUT2D eigenvalue weighted by atomic mass is 9.99. The van der Waals surface area contributed by atoms with E-state index in [0.717, 1.165) is 18.9 Å². The maximum absolute atomic E-state index is 4.17. The van der Waals surface area contributed by atoms with Crippen molar-refractivity contribution in [2.45, 2.75) is 32.4 Å². The molecule has 2 heterocycles. The van der Waals surface area contributed by atoms with E-state index in [1.807, 2.05) is 12.1 Å². The average molecular weight is 206 g/mol. The predicted molar refractivity (Wildman–Crippen MR) is 60.9 cm³/mol. The molecule has 1 unspecified atom stereocenters. The fourth-order valence-electron chi connectivity index (χ4n) is 1.93. The highest BCUT2D eigenvalue weighted by molar-refractivity contribution is 5.39. The molecule has 1 aliphatic rings. The van der Waals surface area contributed by atoms with Crippen LogP contribution in [0.3, 0.4) is 0 Å². The minimum Gasteiger partial charge on any atom is -0.349 e. The SMILES string of the molecule is CC1CNC(C)(C)CN1c1cccnn1. The highest BCUT2D eigenvalue weighted by atomic mass is 15.3. The third kappa shape index (κ3) is 2.26. The molecular formula is C11H18N4. The summed E-state index contributed by atoms with van der Waals surface area (Å²) < 4.78 is 0. The molecule has 0 aliphatic carbocycles. The zero-order valence-electron chi connectivity index (χ0n) is 9.57. The van der Waals surface area contributed by atoms with Crippen LogP contribution in [0.2, 0.25) is 0 Å². The Balaban J connectivity index is 2.20. The van der Waals surface area contributed by atoms with Crippen LogP contribution in [-0.4, -0.2) is 34.9 Å². The molecular weight excluding hydrogens is 188 g/mol. The van der Waals surface area contributed by atoms with Gasteiger partial charge < -0.3 is 10.2 Å². The van der Waals surface area contributed by atoms with E-state index in [1.165, 1.54) is 0 Å². The molecule has 4 nitrogen and oxygen atoms in total. The van der Waals surface area contributed by atoms with E-state index in [4.69, 9.17) is 0 Å². The van der Waals surface area contributed by atoms with Gasteiger partial charge in [-0.05, 0) is 32.9 Å². The summed E-state index contributed by atoms with van der Waals surface area (Å²) in [6.07, 6.45) is 1.71. The van der Waals surface area contributed by atoms with Gasteiger partial charge in [-0.3, -0.25) is 0 Å². The van der Waals surface area contributed by atoms with Gasteiger partial charge in [0.05, 0.1) is 0 Å². The van der Waals surface area contributed by atoms with Gasteiger partial charge in [0.15, 0.2) is 5.82 Å². The lowest BCUT2D eigenvalue weighted by Gasteiger charge is -2.43. The summed E-state index contributed by atoms with van der Waals surface area (Å²) in [5.41, 5.74) is 0.143. The molecule has 82 valence electrons. The second kappa shape index (κ2) is 3.77. The summed E-state index contributed by atoms with van der Waals surface area (Å²) in [6.45, 7) is 8.58. The molecule has 0 spiro atoms. The highest BCUT2D eigenvalue weighted by Gasteiger charge is 2.30. The molecule has 2 rings (SSSR count). The van der Waals surface area contributed by atoms with Gasteiger partial charge in [-0.25, -0.2) is 0 Å². The van der Waals surface area contributed by atoms with Gasteiger partial charge >= 0.3 is 0 Å².